The second-order valence-electron chi connectivity index (χ2n) is 22.4. The minimum atomic E-state index is -0.418. The van der Waals surface area contributed by atoms with Crippen LogP contribution in [0.25, 0.3) is 11.3 Å². The van der Waals surface area contributed by atoms with E-state index in [-0.39, 0.29) is 52.9 Å². The van der Waals surface area contributed by atoms with Crippen LogP contribution in [-0.4, -0.2) is 109 Å². The Morgan fingerprint density at radius 2 is 1.64 bits per heavy atom. The van der Waals surface area contributed by atoms with Crippen LogP contribution in [0.3, 0.4) is 0 Å². The monoisotopic (exact) mass is 1040 g/mol. The first-order valence-corrected chi connectivity index (χ1v) is 26.7. The third-order valence-corrected chi connectivity index (χ3v) is 16.3. The number of nitrogens with zero attached hydrogens (tertiary/aromatic N) is 10. The molecule has 1 aliphatic carbocycles. The molecule has 3 N–H and O–H groups in total. The predicted octanol–water partition coefficient (Wildman–Crippen LogP) is 7.68. The topological polar surface area (TPSA) is 194 Å². The SMILES string of the molecule is C=CC(=O)Nc1cc(Nc2nc(-c3ccnc(N4CCn5c(cc6c5CC(C)(C)C6)C4=O)c3CO)cn(C)c2=O)ccc1N1CCN(C2CCN(c3ccc4c(c3)C(=O)N(c3ccnc(C(C)C)c3)C4=O)[C@@H](C)C2)C[C@@H]1C. The Balaban J connectivity index is 0.775. The van der Waals surface area contributed by atoms with Crippen LogP contribution in [0.4, 0.5) is 40.1 Å². The lowest BCUT2D eigenvalue weighted by atomic mass is 9.90. The summed E-state index contributed by atoms with van der Waals surface area (Å²) in [5.74, 6) is -0.665. The maximum Gasteiger partial charge on any atom is 0.293 e. The van der Waals surface area contributed by atoms with Crippen LogP contribution in [0.1, 0.15) is 114 Å². The van der Waals surface area contributed by atoms with Gasteiger partial charge >= 0.3 is 0 Å². The van der Waals surface area contributed by atoms with Crippen molar-refractivity contribution in [1.29, 1.82) is 0 Å². The number of rotatable bonds is 12. The molecular formula is C59H66N12O6. The normalized spacial score (nSPS) is 20.2. The molecule has 11 rings (SSSR count). The number of pyridine rings is 2. The van der Waals surface area contributed by atoms with Crippen LogP contribution in [0.2, 0.25) is 0 Å². The average molecular weight is 1040 g/mol. The van der Waals surface area contributed by atoms with Crippen LogP contribution in [0, 0.1) is 5.41 Å². The molecule has 0 bridgehead atoms. The molecule has 2 fully saturated rings. The number of hydrogen-bond donors (Lipinski definition) is 3. The Kier molecular flexibility index (Phi) is 13.2. The highest BCUT2D eigenvalue weighted by Crippen LogP contribution is 2.41. The smallest absolute Gasteiger partial charge is 0.293 e. The zero-order valence-electron chi connectivity index (χ0n) is 44.8. The molecule has 2 aromatic carbocycles. The number of hydrogen-bond acceptors (Lipinski definition) is 13. The van der Waals surface area contributed by atoms with E-state index in [1.165, 1.54) is 26.8 Å². The average Bonchev–Trinajstić information content (AvgIpc) is 4.16. The third-order valence-electron chi connectivity index (χ3n) is 16.3. The number of aliphatic hydroxyl groups is 1. The highest BCUT2D eigenvalue weighted by molar-refractivity contribution is 6.34. The summed E-state index contributed by atoms with van der Waals surface area (Å²) in [6.07, 6.45) is 9.75. The Hall–Kier alpha value is -7.96. The van der Waals surface area contributed by atoms with Crippen molar-refractivity contribution in [1.82, 2.24) is 29.0 Å². The predicted molar refractivity (Wildman–Crippen MR) is 299 cm³/mol. The first-order chi connectivity index (χ1) is 36.9. The fourth-order valence-electron chi connectivity index (χ4n) is 12.4. The molecule has 6 aromatic rings. The van der Waals surface area contributed by atoms with Crippen molar-refractivity contribution in [2.24, 2.45) is 12.5 Å². The highest BCUT2D eigenvalue weighted by Gasteiger charge is 2.41. The molecule has 398 valence electrons. The van der Waals surface area contributed by atoms with Gasteiger partial charge in [0, 0.05) is 117 Å². The van der Waals surface area contributed by atoms with E-state index in [1.54, 1.807) is 54.8 Å². The van der Waals surface area contributed by atoms with Gasteiger partial charge in [0.1, 0.15) is 11.5 Å². The molecular weight excluding hydrogens is 973 g/mol. The molecule has 18 heteroatoms. The number of aliphatic hydroxyl groups excluding tert-OH is 1. The number of aryl methyl sites for hydroxylation is 1. The number of fused-ring (bicyclic) bond motifs is 4. The van der Waals surface area contributed by atoms with Crippen LogP contribution in [0.5, 0.6) is 0 Å². The largest absolute Gasteiger partial charge is 0.392 e. The number of carbonyl (C=O) groups is 4. The van der Waals surface area contributed by atoms with Crippen LogP contribution in [-0.2, 0) is 37.8 Å². The molecule has 4 aliphatic heterocycles. The van der Waals surface area contributed by atoms with Gasteiger partial charge in [-0.2, -0.15) is 0 Å². The van der Waals surface area contributed by atoms with E-state index in [4.69, 9.17) is 4.98 Å². The summed E-state index contributed by atoms with van der Waals surface area (Å²) in [6, 6.07) is 19.1. The quantitative estimate of drug-likeness (QED) is 0.0799. The minimum absolute atomic E-state index is 0.0279. The molecule has 4 amide bonds. The summed E-state index contributed by atoms with van der Waals surface area (Å²) in [6.45, 7) is 20.3. The van der Waals surface area contributed by atoms with Crippen LogP contribution in [0.15, 0.2) is 96.7 Å². The Morgan fingerprint density at radius 3 is 2.39 bits per heavy atom. The molecule has 4 aromatic heterocycles. The van der Waals surface area contributed by atoms with E-state index < -0.39 is 12.2 Å². The molecule has 5 aliphatic rings. The van der Waals surface area contributed by atoms with E-state index >= 15 is 0 Å². The summed E-state index contributed by atoms with van der Waals surface area (Å²) >= 11 is 0. The number of amides is 4. The molecule has 2 saturated heterocycles. The van der Waals surface area contributed by atoms with Gasteiger partial charge < -0.3 is 34.7 Å². The summed E-state index contributed by atoms with van der Waals surface area (Å²) < 4.78 is 3.56. The van der Waals surface area contributed by atoms with E-state index in [2.05, 4.69) is 74.1 Å². The third kappa shape index (κ3) is 9.26. The zero-order chi connectivity index (χ0) is 54.2. The number of anilines is 7. The standard InChI is InChI=1S/C59H66N12O6/c1-9-52(73)63-47-26-38(62-53-58(77)65(8)32-48(64-53)42-15-18-61-54(45(42)33-72)70-23-22-69-50(57(70)76)25-37-29-59(6,7)30-51(37)69)10-13-49(47)68-21-20-66(31-36(68)5)39-16-19-67(35(4)24-39)40-11-12-43-44(27-40)56(75)71(55(43)74)41-14-17-60-46(28-41)34(2)3/h9-15,17-18,25-28,32,34-36,39,72H,1,16,19-24,29-31,33H2,2-8H3,(H,62,64)(H,63,73)/t35-,36-,39?/m0/s1. The first kappa shape index (κ1) is 51.2. The summed E-state index contributed by atoms with van der Waals surface area (Å²) in [7, 11) is 1.63. The fourth-order valence-corrected chi connectivity index (χ4v) is 12.4. The van der Waals surface area contributed by atoms with Crippen molar-refractivity contribution < 1.29 is 24.3 Å². The number of piperazine rings is 1. The Morgan fingerprint density at radius 1 is 0.844 bits per heavy atom. The molecule has 18 nitrogen and oxygen atoms in total. The number of piperidine rings is 1. The van der Waals surface area contributed by atoms with Gasteiger partial charge in [0.05, 0.1) is 40.5 Å². The van der Waals surface area contributed by atoms with Crippen molar-refractivity contribution in [2.45, 2.75) is 104 Å². The number of imide groups is 1. The van der Waals surface area contributed by atoms with Gasteiger partial charge in [-0.1, -0.05) is 34.3 Å². The van der Waals surface area contributed by atoms with Crippen molar-refractivity contribution in [2.75, 3.05) is 63.0 Å². The van der Waals surface area contributed by atoms with Crippen molar-refractivity contribution >= 4 is 63.7 Å². The summed E-state index contributed by atoms with van der Waals surface area (Å²) in [4.78, 5) is 92.1. The van der Waals surface area contributed by atoms with E-state index in [1.807, 2.05) is 50.2 Å². The zero-order valence-corrected chi connectivity index (χ0v) is 44.8. The van der Waals surface area contributed by atoms with Gasteiger partial charge in [0.2, 0.25) is 5.91 Å². The van der Waals surface area contributed by atoms with E-state index in [0.29, 0.717) is 82.2 Å². The molecule has 77 heavy (non-hydrogen) atoms. The van der Waals surface area contributed by atoms with Crippen molar-refractivity contribution in [3.05, 3.63) is 142 Å². The Labute approximate surface area is 448 Å². The minimum Gasteiger partial charge on any atom is -0.392 e. The van der Waals surface area contributed by atoms with Crippen LogP contribution < -0.4 is 35.8 Å². The van der Waals surface area contributed by atoms with Gasteiger partial charge in [0.15, 0.2) is 5.82 Å². The van der Waals surface area contributed by atoms with Gasteiger partial charge in [-0.15, -0.1) is 0 Å². The summed E-state index contributed by atoms with van der Waals surface area (Å²) in [5.41, 5.74) is 9.15. The van der Waals surface area contributed by atoms with Gasteiger partial charge in [-0.05, 0) is 123 Å². The van der Waals surface area contributed by atoms with E-state index in [0.717, 1.165) is 62.4 Å². The van der Waals surface area contributed by atoms with Gasteiger partial charge in [0.25, 0.3) is 23.3 Å². The second-order valence-corrected chi connectivity index (χ2v) is 22.4. The highest BCUT2D eigenvalue weighted by atomic mass is 16.3. The molecule has 0 saturated carbocycles. The number of aromatic nitrogens is 5. The second kappa shape index (κ2) is 19.9. The Bertz CT molecular complexity index is 3470. The lowest BCUT2D eigenvalue weighted by Gasteiger charge is -2.48. The van der Waals surface area contributed by atoms with Gasteiger partial charge in [-0.25, -0.2) is 14.9 Å². The van der Waals surface area contributed by atoms with Gasteiger partial charge in [-0.3, -0.25) is 38.8 Å². The molecule has 8 heterocycles. The maximum atomic E-state index is 14.1. The number of benzene rings is 2. The van der Waals surface area contributed by atoms with Crippen molar-refractivity contribution in [3.8, 4) is 11.3 Å². The molecule has 0 spiro atoms. The first-order valence-electron chi connectivity index (χ1n) is 26.7. The molecule has 1 unspecified atom stereocenters. The maximum absolute atomic E-state index is 14.1. The van der Waals surface area contributed by atoms with Crippen LogP contribution >= 0.6 is 0 Å². The lowest BCUT2D eigenvalue weighted by molar-refractivity contribution is -0.111. The molecule has 0 radical (unpaired) electrons. The molecule has 3 atom stereocenters. The fraction of sp³-hybridized carbons (Fsp3) is 0.390. The lowest BCUT2D eigenvalue weighted by Crippen LogP contribution is -2.58. The summed E-state index contributed by atoms with van der Waals surface area (Å²) in [5, 5.41) is 17.1. The number of carbonyl (C=O) groups excluding carboxylic acids is 4. The van der Waals surface area contributed by atoms with E-state index in [9.17, 15) is 29.1 Å². The van der Waals surface area contributed by atoms with Crippen molar-refractivity contribution in [3.63, 3.8) is 0 Å². The number of nitrogens with one attached hydrogen (secondary N) is 2.